The Morgan fingerprint density at radius 3 is 2.50 bits per heavy atom. The van der Waals surface area contributed by atoms with Crippen LogP contribution in [0.25, 0.3) is 11.8 Å². The first-order valence-electron chi connectivity index (χ1n) is 10.1. The van der Waals surface area contributed by atoms with E-state index in [0.29, 0.717) is 17.2 Å². The van der Waals surface area contributed by atoms with Crippen LogP contribution >= 0.6 is 11.6 Å². The molecule has 0 saturated heterocycles. The second kappa shape index (κ2) is 10.0. The number of carbonyl (C=O) groups excluding carboxylic acids is 1. The summed E-state index contributed by atoms with van der Waals surface area (Å²) < 4.78 is 13.3. The molecule has 0 bridgehead atoms. The molecule has 1 heterocycles. The fourth-order valence-corrected chi connectivity index (χ4v) is 3.43. The van der Waals surface area contributed by atoms with Gasteiger partial charge in [-0.2, -0.15) is 0 Å². The maximum atomic E-state index is 12.7. The summed E-state index contributed by atoms with van der Waals surface area (Å²) in [5.74, 6) is 1.38. The molecule has 5 heteroatoms. The fraction of sp³-hybridized carbons (Fsp3) is 0.0741. The van der Waals surface area contributed by atoms with Crippen LogP contribution in [0.5, 0.6) is 11.5 Å². The molecule has 0 N–H and O–H groups in total. The van der Waals surface area contributed by atoms with Crippen molar-refractivity contribution in [2.45, 2.75) is 6.61 Å². The van der Waals surface area contributed by atoms with Crippen LogP contribution in [0, 0.1) is 0 Å². The van der Waals surface area contributed by atoms with E-state index in [1.165, 1.54) is 0 Å². The summed E-state index contributed by atoms with van der Waals surface area (Å²) in [6.45, 7) is 0.333. The lowest BCUT2D eigenvalue weighted by molar-refractivity contribution is 0.104. The summed E-state index contributed by atoms with van der Waals surface area (Å²) in [5.41, 5.74) is 3.34. The van der Waals surface area contributed by atoms with Crippen LogP contribution in [0.3, 0.4) is 0 Å². The Labute approximate surface area is 192 Å². The van der Waals surface area contributed by atoms with Crippen LogP contribution < -0.4 is 9.47 Å². The molecule has 0 atom stereocenters. The number of methoxy groups -OCH3 is 1. The zero-order valence-electron chi connectivity index (χ0n) is 17.6. The molecule has 0 unspecified atom stereocenters. The van der Waals surface area contributed by atoms with Crippen molar-refractivity contribution in [1.82, 2.24) is 4.57 Å². The summed E-state index contributed by atoms with van der Waals surface area (Å²) in [5, 5.41) is 0.658. The SMILES string of the molecule is COc1ccc(/C=C/C(=O)c2cccc(-n3cccc3)c2)cc1COc1ccc(Cl)cc1. The zero-order valence-corrected chi connectivity index (χ0v) is 18.3. The largest absolute Gasteiger partial charge is 0.496 e. The topological polar surface area (TPSA) is 40.5 Å². The number of hydrogen-bond acceptors (Lipinski definition) is 3. The van der Waals surface area contributed by atoms with Gasteiger partial charge in [0, 0.05) is 34.2 Å². The zero-order chi connectivity index (χ0) is 22.3. The molecule has 3 aromatic carbocycles. The number of ketones is 1. The second-order valence-corrected chi connectivity index (χ2v) is 7.59. The smallest absolute Gasteiger partial charge is 0.185 e. The molecule has 32 heavy (non-hydrogen) atoms. The van der Waals surface area contributed by atoms with Crippen molar-refractivity contribution in [3.05, 3.63) is 119 Å². The average molecular weight is 444 g/mol. The Bertz CT molecular complexity index is 1230. The van der Waals surface area contributed by atoms with Crippen molar-refractivity contribution in [2.24, 2.45) is 0 Å². The van der Waals surface area contributed by atoms with Crippen molar-refractivity contribution in [1.29, 1.82) is 0 Å². The summed E-state index contributed by atoms with van der Waals surface area (Å²) in [7, 11) is 1.62. The second-order valence-electron chi connectivity index (χ2n) is 7.15. The molecule has 0 aliphatic heterocycles. The normalized spacial score (nSPS) is 10.9. The number of carbonyl (C=O) groups is 1. The minimum atomic E-state index is -0.0613. The highest BCUT2D eigenvalue weighted by molar-refractivity contribution is 6.30. The Hall–Kier alpha value is -3.76. The van der Waals surface area contributed by atoms with Gasteiger partial charge < -0.3 is 14.0 Å². The van der Waals surface area contributed by atoms with Gasteiger partial charge >= 0.3 is 0 Å². The van der Waals surface area contributed by atoms with Crippen LogP contribution in [0.2, 0.25) is 5.02 Å². The van der Waals surface area contributed by atoms with Gasteiger partial charge in [-0.3, -0.25) is 4.79 Å². The van der Waals surface area contributed by atoms with E-state index in [9.17, 15) is 4.79 Å². The van der Waals surface area contributed by atoms with Crippen LogP contribution in [0.4, 0.5) is 0 Å². The van der Waals surface area contributed by atoms with Gasteiger partial charge in [-0.1, -0.05) is 35.9 Å². The highest BCUT2D eigenvalue weighted by Gasteiger charge is 2.07. The van der Waals surface area contributed by atoms with Crippen molar-refractivity contribution in [3.63, 3.8) is 0 Å². The van der Waals surface area contributed by atoms with Crippen LogP contribution in [-0.2, 0) is 6.61 Å². The number of nitrogens with zero attached hydrogens (tertiary/aromatic N) is 1. The van der Waals surface area contributed by atoms with Crippen molar-refractivity contribution in [2.75, 3.05) is 7.11 Å². The summed E-state index contributed by atoms with van der Waals surface area (Å²) in [6.07, 6.45) is 7.28. The number of aromatic nitrogens is 1. The summed E-state index contributed by atoms with van der Waals surface area (Å²) in [4.78, 5) is 12.7. The highest BCUT2D eigenvalue weighted by atomic mass is 35.5. The third kappa shape index (κ3) is 5.29. The van der Waals surface area contributed by atoms with Crippen LogP contribution in [-0.4, -0.2) is 17.5 Å². The van der Waals surface area contributed by atoms with Gasteiger partial charge in [0.25, 0.3) is 0 Å². The molecule has 1 aromatic heterocycles. The lowest BCUT2D eigenvalue weighted by Crippen LogP contribution is -2.00. The van der Waals surface area contributed by atoms with Gasteiger partial charge in [-0.25, -0.2) is 0 Å². The quantitative estimate of drug-likeness (QED) is 0.227. The van der Waals surface area contributed by atoms with Crippen LogP contribution in [0.15, 0.2) is 97.3 Å². The van der Waals surface area contributed by atoms with E-state index in [1.54, 1.807) is 31.4 Å². The minimum Gasteiger partial charge on any atom is -0.496 e. The van der Waals surface area contributed by atoms with Gasteiger partial charge in [0.2, 0.25) is 0 Å². The maximum Gasteiger partial charge on any atom is 0.185 e. The van der Waals surface area contributed by atoms with Crippen molar-refractivity contribution < 1.29 is 14.3 Å². The van der Waals surface area contributed by atoms with Crippen molar-refractivity contribution in [3.8, 4) is 17.2 Å². The molecule has 0 saturated carbocycles. The number of benzene rings is 3. The number of rotatable bonds is 8. The Kier molecular flexibility index (Phi) is 6.73. The standard InChI is InChI=1S/C27H22ClNO3/c1-31-27-14-8-20(17-22(27)19-32-25-11-9-23(28)10-12-25)7-13-26(30)21-5-4-6-24(18-21)29-15-2-3-16-29/h2-18H,19H2,1H3/b13-7+. The van der Waals surface area contributed by atoms with Gasteiger partial charge in [0.05, 0.1) is 7.11 Å². The minimum absolute atomic E-state index is 0.0613. The third-order valence-electron chi connectivity index (χ3n) is 4.97. The third-order valence-corrected chi connectivity index (χ3v) is 5.22. The highest BCUT2D eigenvalue weighted by Crippen LogP contribution is 2.24. The summed E-state index contributed by atoms with van der Waals surface area (Å²) >= 11 is 5.92. The molecule has 0 spiro atoms. The molecule has 0 amide bonds. The maximum absolute atomic E-state index is 12.7. The number of ether oxygens (including phenoxy) is 2. The molecule has 0 aliphatic rings. The van der Waals surface area contributed by atoms with Gasteiger partial charge in [0.15, 0.2) is 5.78 Å². The van der Waals surface area contributed by atoms with E-state index < -0.39 is 0 Å². The van der Waals surface area contributed by atoms with Crippen LogP contribution in [0.1, 0.15) is 21.5 Å². The average Bonchev–Trinajstić information content (AvgIpc) is 3.37. The molecule has 160 valence electrons. The van der Waals surface area contributed by atoms with E-state index in [1.807, 2.05) is 83.7 Å². The molecule has 0 fully saturated rings. The van der Waals surface area contributed by atoms with E-state index >= 15 is 0 Å². The lowest BCUT2D eigenvalue weighted by Gasteiger charge is -2.11. The van der Waals surface area contributed by atoms with Gasteiger partial charge in [-0.05, 0) is 72.3 Å². The Morgan fingerprint density at radius 2 is 1.75 bits per heavy atom. The molecule has 4 aromatic rings. The molecular formula is C27H22ClNO3. The van der Waals surface area contributed by atoms with E-state index in [2.05, 4.69) is 0 Å². The number of halogens is 1. The number of hydrogen-bond donors (Lipinski definition) is 0. The monoisotopic (exact) mass is 443 g/mol. The predicted molar refractivity (Wildman–Crippen MR) is 128 cm³/mol. The van der Waals surface area contributed by atoms with Gasteiger partial charge in [-0.15, -0.1) is 0 Å². The molecular weight excluding hydrogens is 422 g/mol. The molecule has 4 rings (SSSR count). The molecule has 4 nitrogen and oxygen atoms in total. The first kappa shape index (κ1) is 21.5. The Balaban J connectivity index is 1.48. The van der Waals surface area contributed by atoms with E-state index in [4.69, 9.17) is 21.1 Å². The van der Waals surface area contributed by atoms with E-state index in [-0.39, 0.29) is 5.78 Å². The first-order chi connectivity index (χ1) is 15.6. The first-order valence-corrected chi connectivity index (χ1v) is 10.5. The summed E-state index contributed by atoms with van der Waals surface area (Å²) in [6, 6.07) is 24.4. The molecule has 0 radical (unpaired) electrons. The Morgan fingerprint density at radius 1 is 0.969 bits per heavy atom. The van der Waals surface area contributed by atoms with E-state index in [0.717, 1.165) is 28.3 Å². The van der Waals surface area contributed by atoms with Gasteiger partial charge in [0.1, 0.15) is 18.1 Å². The van der Waals surface area contributed by atoms with Crippen molar-refractivity contribution >= 4 is 23.5 Å². The fourth-order valence-electron chi connectivity index (χ4n) is 3.30. The number of allylic oxidation sites excluding steroid dienone is 1. The lowest BCUT2D eigenvalue weighted by atomic mass is 10.1. The predicted octanol–water partition coefficient (Wildman–Crippen LogP) is 6.61. The molecule has 0 aliphatic carbocycles.